The maximum atomic E-state index is 14.0. The van der Waals surface area contributed by atoms with Gasteiger partial charge in [0.05, 0.1) is 40.6 Å². The van der Waals surface area contributed by atoms with E-state index in [1.165, 1.54) is 11.3 Å². The Balaban J connectivity index is 1.50. The summed E-state index contributed by atoms with van der Waals surface area (Å²) in [6.45, 7) is 8.08. The van der Waals surface area contributed by atoms with E-state index >= 15 is 0 Å². The Hall–Kier alpha value is -4.76. The van der Waals surface area contributed by atoms with Crippen molar-refractivity contribution in [1.82, 2.24) is 4.57 Å². The molecule has 0 saturated heterocycles. The predicted molar refractivity (Wildman–Crippen MR) is 165 cm³/mol. The van der Waals surface area contributed by atoms with Crippen molar-refractivity contribution in [1.29, 1.82) is 0 Å². The molecule has 1 aliphatic heterocycles. The van der Waals surface area contributed by atoms with Gasteiger partial charge in [-0.2, -0.15) is 0 Å². The van der Waals surface area contributed by atoms with E-state index < -0.39 is 12.0 Å². The summed E-state index contributed by atoms with van der Waals surface area (Å²) in [4.78, 5) is 44.2. The summed E-state index contributed by atoms with van der Waals surface area (Å²) in [7, 11) is 0. The van der Waals surface area contributed by atoms with E-state index in [0.29, 0.717) is 38.5 Å². The number of allylic oxidation sites excluding steroid dienone is 1. The van der Waals surface area contributed by atoms with Crippen LogP contribution in [0.5, 0.6) is 5.75 Å². The van der Waals surface area contributed by atoms with Crippen molar-refractivity contribution < 1.29 is 23.8 Å². The molecule has 0 unspecified atom stereocenters. The summed E-state index contributed by atoms with van der Waals surface area (Å²) in [5, 5.41) is 0. The van der Waals surface area contributed by atoms with Gasteiger partial charge < -0.3 is 14.2 Å². The smallest absolute Gasteiger partial charge is 0.338 e. The number of rotatable bonds is 9. The van der Waals surface area contributed by atoms with Crippen LogP contribution in [0.3, 0.4) is 0 Å². The molecule has 8 nitrogen and oxygen atoms in total. The van der Waals surface area contributed by atoms with Gasteiger partial charge in [0.1, 0.15) is 12.4 Å². The van der Waals surface area contributed by atoms with Crippen molar-refractivity contribution in [3.63, 3.8) is 0 Å². The largest absolute Gasteiger partial charge is 0.488 e. The van der Waals surface area contributed by atoms with Crippen LogP contribution in [0, 0.1) is 6.92 Å². The number of carbonyl (C=O) groups excluding carboxylic acids is 2. The highest BCUT2D eigenvalue weighted by Crippen LogP contribution is 2.31. The number of para-hydroxylation sites is 1. The third-order valence-electron chi connectivity index (χ3n) is 6.98. The van der Waals surface area contributed by atoms with Crippen molar-refractivity contribution in [2.24, 2.45) is 4.99 Å². The number of aromatic nitrogens is 1. The predicted octanol–water partition coefficient (Wildman–Crippen LogP) is 4.86. The molecule has 220 valence electrons. The first-order valence-electron chi connectivity index (χ1n) is 14.0. The van der Waals surface area contributed by atoms with Crippen molar-refractivity contribution in [3.05, 3.63) is 132 Å². The zero-order valence-electron chi connectivity index (χ0n) is 24.5. The lowest BCUT2D eigenvalue weighted by Gasteiger charge is -2.24. The Morgan fingerprint density at radius 2 is 1.58 bits per heavy atom. The van der Waals surface area contributed by atoms with E-state index in [1.54, 1.807) is 43.5 Å². The fraction of sp³-hybridized carbons (Fsp3) is 0.235. The van der Waals surface area contributed by atoms with Crippen LogP contribution >= 0.6 is 11.3 Å². The van der Waals surface area contributed by atoms with Gasteiger partial charge in [0, 0.05) is 5.56 Å². The SMILES string of the molecule is CCOC(=O)C1=C(C)N=c2s/c(=C\c3ccccc3OCc3ccc(C(=O)OCC)cc3)c(=O)n2[C@@H]1c1ccc(C)cc1. The first-order valence-corrected chi connectivity index (χ1v) is 14.9. The maximum Gasteiger partial charge on any atom is 0.338 e. The van der Waals surface area contributed by atoms with Gasteiger partial charge in [-0.3, -0.25) is 9.36 Å². The number of benzene rings is 3. The number of nitrogens with zero attached hydrogens (tertiary/aromatic N) is 2. The van der Waals surface area contributed by atoms with Crippen LogP contribution in [-0.4, -0.2) is 29.7 Å². The van der Waals surface area contributed by atoms with Crippen LogP contribution in [0.2, 0.25) is 0 Å². The first kappa shape index (κ1) is 29.7. The highest BCUT2D eigenvalue weighted by molar-refractivity contribution is 7.07. The normalized spacial score (nSPS) is 14.6. The summed E-state index contributed by atoms with van der Waals surface area (Å²) in [5.74, 6) is -0.255. The lowest BCUT2D eigenvalue weighted by Crippen LogP contribution is -2.39. The minimum atomic E-state index is -0.665. The zero-order chi connectivity index (χ0) is 30.5. The van der Waals surface area contributed by atoms with Crippen molar-refractivity contribution in [2.45, 2.75) is 40.3 Å². The molecule has 0 saturated carbocycles. The first-order chi connectivity index (χ1) is 20.8. The van der Waals surface area contributed by atoms with Crippen molar-refractivity contribution in [3.8, 4) is 5.75 Å². The number of carbonyl (C=O) groups is 2. The number of ether oxygens (including phenoxy) is 3. The quantitative estimate of drug-likeness (QED) is 0.256. The molecule has 1 aromatic heterocycles. The molecule has 2 heterocycles. The third-order valence-corrected chi connectivity index (χ3v) is 7.96. The second-order valence-electron chi connectivity index (χ2n) is 9.96. The Kier molecular flexibility index (Phi) is 9.01. The second kappa shape index (κ2) is 13.0. The molecule has 5 rings (SSSR count). The Morgan fingerprint density at radius 3 is 2.28 bits per heavy atom. The second-order valence-corrected chi connectivity index (χ2v) is 11.0. The van der Waals surface area contributed by atoms with Crippen LogP contribution in [0.4, 0.5) is 0 Å². The molecule has 1 aliphatic rings. The van der Waals surface area contributed by atoms with Gasteiger partial charge in [0.25, 0.3) is 5.56 Å². The summed E-state index contributed by atoms with van der Waals surface area (Å²) >= 11 is 1.26. The number of hydrogen-bond acceptors (Lipinski definition) is 8. The molecular weight excluding hydrogens is 564 g/mol. The standard InChI is InChI=1S/C34H32N2O6S/c1-5-40-32(38)25-17-13-23(14-18-25)20-42-27-10-8-7-9-26(27)19-28-31(37)36-30(24-15-11-21(3)12-16-24)29(33(39)41-6-2)22(4)35-34(36)43-28/h7-19,30H,5-6,20H2,1-4H3/b28-19-/t30-/m1/s1. The lowest BCUT2D eigenvalue weighted by atomic mass is 9.95. The number of fused-ring (bicyclic) bond motifs is 1. The number of esters is 2. The van der Waals surface area contributed by atoms with Gasteiger partial charge in [-0.25, -0.2) is 14.6 Å². The monoisotopic (exact) mass is 596 g/mol. The van der Waals surface area contributed by atoms with Crippen LogP contribution in [0.25, 0.3) is 6.08 Å². The molecule has 0 bridgehead atoms. The Morgan fingerprint density at radius 1 is 0.907 bits per heavy atom. The van der Waals surface area contributed by atoms with Gasteiger partial charge in [-0.1, -0.05) is 71.5 Å². The minimum Gasteiger partial charge on any atom is -0.488 e. The van der Waals surface area contributed by atoms with E-state index in [9.17, 15) is 14.4 Å². The topological polar surface area (TPSA) is 96.2 Å². The molecule has 0 amide bonds. The van der Waals surface area contributed by atoms with Crippen LogP contribution in [-0.2, 0) is 20.9 Å². The molecule has 4 aromatic rings. The van der Waals surface area contributed by atoms with Crippen LogP contribution < -0.4 is 19.6 Å². The van der Waals surface area contributed by atoms with E-state index in [4.69, 9.17) is 14.2 Å². The van der Waals surface area contributed by atoms with Crippen molar-refractivity contribution in [2.75, 3.05) is 13.2 Å². The summed E-state index contributed by atoms with van der Waals surface area (Å²) < 4.78 is 18.6. The molecule has 0 spiro atoms. The molecule has 0 N–H and O–H groups in total. The van der Waals surface area contributed by atoms with Gasteiger partial charge in [-0.15, -0.1) is 0 Å². The highest BCUT2D eigenvalue weighted by atomic mass is 32.1. The van der Waals surface area contributed by atoms with Crippen molar-refractivity contribution >= 4 is 29.4 Å². The highest BCUT2D eigenvalue weighted by Gasteiger charge is 2.33. The average Bonchev–Trinajstić information content (AvgIpc) is 3.30. The third kappa shape index (κ3) is 6.36. The number of hydrogen-bond donors (Lipinski definition) is 0. The van der Waals surface area contributed by atoms with E-state index in [1.807, 2.05) is 67.6 Å². The lowest BCUT2D eigenvalue weighted by molar-refractivity contribution is -0.139. The summed E-state index contributed by atoms with van der Waals surface area (Å²) in [6, 6.07) is 21.6. The molecule has 3 aromatic carbocycles. The summed E-state index contributed by atoms with van der Waals surface area (Å²) in [5.41, 5.74) is 4.57. The molecular formula is C34H32N2O6S. The molecule has 9 heteroatoms. The molecule has 0 radical (unpaired) electrons. The fourth-order valence-corrected chi connectivity index (χ4v) is 5.88. The number of aryl methyl sites for hydroxylation is 1. The van der Waals surface area contributed by atoms with E-state index in [0.717, 1.165) is 22.3 Å². The maximum absolute atomic E-state index is 14.0. The molecule has 0 aliphatic carbocycles. The minimum absolute atomic E-state index is 0.215. The van der Waals surface area contributed by atoms with Gasteiger partial charge in [0.2, 0.25) is 0 Å². The van der Waals surface area contributed by atoms with Crippen LogP contribution in [0.1, 0.15) is 59.4 Å². The Labute approximate surface area is 253 Å². The fourth-order valence-electron chi connectivity index (χ4n) is 4.84. The van der Waals surface area contributed by atoms with E-state index in [-0.39, 0.29) is 24.7 Å². The Bertz CT molecular complexity index is 1870. The van der Waals surface area contributed by atoms with Crippen LogP contribution in [0.15, 0.2) is 93.9 Å². The molecule has 43 heavy (non-hydrogen) atoms. The van der Waals surface area contributed by atoms with Gasteiger partial charge in [0.15, 0.2) is 4.80 Å². The van der Waals surface area contributed by atoms with Gasteiger partial charge in [-0.05, 0) is 63.1 Å². The number of thiazole rings is 1. The average molecular weight is 597 g/mol. The van der Waals surface area contributed by atoms with Gasteiger partial charge >= 0.3 is 11.9 Å². The zero-order valence-corrected chi connectivity index (χ0v) is 25.3. The molecule has 0 fully saturated rings. The summed E-state index contributed by atoms with van der Waals surface area (Å²) in [6.07, 6.45) is 1.79. The van der Waals surface area contributed by atoms with E-state index in [2.05, 4.69) is 4.99 Å². The molecule has 1 atom stereocenters.